The molecule has 6 nitrogen and oxygen atoms in total. The van der Waals surface area contributed by atoms with Crippen LogP contribution in [0.2, 0.25) is 30.1 Å². The minimum Gasteiger partial charge on any atom is -0.482 e. The summed E-state index contributed by atoms with van der Waals surface area (Å²) in [6.07, 6.45) is 0. The van der Waals surface area contributed by atoms with Crippen LogP contribution in [0.4, 0.5) is 5.69 Å². The van der Waals surface area contributed by atoms with Gasteiger partial charge in [0.15, 0.2) is 11.5 Å². The molecule has 0 aliphatic heterocycles. The molecule has 2 aromatic heterocycles. The Balaban J connectivity index is 1.45. The van der Waals surface area contributed by atoms with Gasteiger partial charge in [-0.25, -0.2) is 0 Å². The summed E-state index contributed by atoms with van der Waals surface area (Å²) in [7, 11) is 0. The highest BCUT2D eigenvalue weighted by Gasteiger charge is 2.22. The first-order chi connectivity index (χ1) is 17.1. The lowest BCUT2D eigenvalue weighted by molar-refractivity contribution is 0.0992. The molecule has 1 N–H and O–H groups in total. The van der Waals surface area contributed by atoms with E-state index in [0.717, 1.165) is 11.3 Å². The Kier molecular flexibility index (Phi) is 8.35. The molecule has 188 valence electrons. The van der Waals surface area contributed by atoms with Crippen molar-refractivity contribution < 1.29 is 13.9 Å². The van der Waals surface area contributed by atoms with Crippen molar-refractivity contribution >= 4 is 81.2 Å². The number of aromatic nitrogens is 2. The zero-order valence-corrected chi connectivity index (χ0v) is 23.3. The van der Waals surface area contributed by atoms with Gasteiger partial charge in [0.05, 0.1) is 38.7 Å². The fraction of sp³-hybridized carbons (Fsp3) is 0.167. The van der Waals surface area contributed by atoms with Gasteiger partial charge in [-0.3, -0.25) is 9.48 Å². The summed E-state index contributed by atoms with van der Waals surface area (Å²) in [6, 6.07) is 10.6. The molecule has 36 heavy (non-hydrogen) atoms. The molecule has 0 atom stereocenters. The maximum Gasteiger partial charge on any atom is 0.291 e. The summed E-state index contributed by atoms with van der Waals surface area (Å²) >= 11 is 36.5. The van der Waals surface area contributed by atoms with E-state index in [1.54, 1.807) is 6.07 Å². The number of ether oxygens (including phenoxy) is 1. The van der Waals surface area contributed by atoms with Crippen LogP contribution in [0.3, 0.4) is 0 Å². The second-order valence-electron chi connectivity index (χ2n) is 7.74. The summed E-state index contributed by atoms with van der Waals surface area (Å²) in [6.45, 7) is 4.14. The monoisotopic (exact) mass is 605 g/mol. The number of amides is 1. The Morgan fingerprint density at radius 2 is 1.53 bits per heavy atom. The van der Waals surface area contributed by atoms with E-state index in [2.05, 4.69) is 10.4 Å². The van der Waals surface area contributed by atoms with Crippen LogP contribution in [0.1, 0.15) is 33.3 Å². The van der Waals surface area contributed by atoms with Gasteiger partial charge in [-0.15, -0.1) is 0 Å². The standard InChI is InChI=1S/C24H17Cl6N3O3/c1-11-22(12(2)33(32-11)9-13-3-5-14(25)6-4-13)31-24(34)16-8-7-15(36-16)10-35-23-20(29)18(27)17(26)19(28)21(23)30/h3-8H,9-10H2,1-2H3,(H,31,34). The van der Waals surface area contributed by atoms with Crippen molar-refractivity contribution in [2.24, 2.45) is 0 Å². The summed E-state index contributed by atoms with van der Waals surface area (Å²) < 4.78 is 13.1. The summed E-state index contributed by atoms with van der Waals surface area (Å²) in [5.74, 6) is 0.0511. The molecule has 0 unspecified atom stereocenters. The quantitative estimate of drug-likeness (QED) is 0.168. The van der Waals surface area contributed by atoms with E-state index < -0.39 is 5.91 Å². The number of anilines is 1. The third kappa shape index (κ3) is 5.59. The van der Waals surface area contributed by atoms with Crippen molar-refractivity contribution in [2.45, 2.75) is 27.0 Å². The predicted octanol–water partition coefficient (Wildman–Crippen LogP) is 8.89. The van der Waals surface area contributed by atoms with Gasteiger partial charge in [-0.1, -0.05) is 81.7 Å². The van der Waals surface area contributed by atoms with E-state index in [9.17, 15) is 4.79 Å². The Bertz CT molecular complexity index is 1420. The molecule has 1 amide bonds. The molecule has 0 bridgehead atoms. The molecule has 0 aliphatic carbocycles. The van der Waals surface area contributed by atoms with Gasteiger partial charge in [0, 0.05) is 5.02 Å². The van der Waals surface area contributed by atoms with E-state index >= 15 is 0 Å². The first-order valence-corrected chi connectivity index (χ1v) is 12.7. The zero-order chi connectivity index (χ0) is 26.1. The van der Waals surface area contributed by atoms with Crippen LogP contribution >= 0.6 is 69.6 Å². The molecule has 0 saturated carbocycles. The number of carbonyl (C=O) groups is 1. The van der Waals surface area contributed by atoms with Gasteiger partial charge in [-0.05, 0) is 43.7 Å². The molecule has 0 spiro atoms. The second-order valence-corrected chi connectivity index (χ2v) is 10.1. The minimum absolute atomic E-state index is 0.0159. The normalized spacial score (nSPS) is 11.1. The van der Waals surface area contributed by atoms with Crippen molar-refractivity contribution in [3.8, 4) is 5.75 Å². The molecule has 0 aliphatic rings. The van der Waals surface area contributed by atoms with Crippen molar-refractivity contribution in [1.82, 2.24) is 9.78 Å². The molecule has 0 fully saturated rings. The van der Waals surface area contributed by atoms with Crippen molar-refractivity contribution in [2.75, 3.05) is 5.32 Å². The first kappa shape index (κ1) is 27.0. The fourth-order valence-corrected chi connectivity index (χ4v) is 4.76. The number of aryl methyl sites for hydroxylation is 1. The molecule has 4 aromatic rings. The second kappa shape index (κ2) is 11.1. The lowest BCUT2D eigenvalue weighted by atomic mass is 10.2. The van der Waals surface area contributed by atoms with Crippen molar-refractivity contribution in [1.29, 1.82) is 0 Å². The number of furan rings is 1. The van der Waals surface area contributed by atoms with E-state index in [0.29, 0.717) is 28.7 Å². The Morgan fingerprint density at radius 3 is 2.17 bits per heavy atom. The van der Waals surface area contributed by atoms with Crippen molar-refractivity contribution in [3.63, 3.8) is 0 Å². The Morgan fingerprint density at radius 1 is 0.917 bits per heavy atom. The largest absolute Gasteiger partial charge is 0.482 e. The van der Waals surface area contributed by atoms with Crippen molar-refractivity contribution in [3.05, 3.63) is 95.0 Å². The number of nitrogens with zero attached hydrogens (tertiary/aromatic N) is 2. The zero-order valence-electron chi connectivity index (χ0n) is 18.8. The van der Waals surface area contributed by atoms with Gasteiger partial charge in [0.25, 0.3) is 5.91 Å². The maximum atomic E-state index is 12.9. The van der Waals surface area contributed by atoms with Gasteiger partial charge in [0.1, 0.15) is 22.4 Å². The van der Waals surface area contributed by atoms with Crippen LogP contribution in [0.5, 0.6) is 5.75 Å². The highest BCUT2D eigenvalue weighted by atomic mass is 35.5. The summed E-state index contributed by atoms with van der Waals surface area (Å²) in [4.78, 5) is 12.9. The number of rotatable bonds is 7. The lowest BCUT2D eigenvalue weighted by Crippen LogP contribution is -2.12. The third-order valence-electron chi connectivity index (χ3n) is 5.28. The van der Waals surface area contributed by atoms with E-state index in [-0.39, 0.29) is 43.2 Å². The summed E-state index contributed by atoms with van der Waals surface area (Å²) in [5.41, 5.74) is 3.10. The summed E-state index contributed by atoms with van der Waals surface area (Å²) in [5, 5.41) is 8.17. The van der Waals surface area contributed by atoms with Crippen LogP contribution in [0.15, 0.2) is 40.8 Å². The van der Waals surface area contributed by atoms with Gasteiger partial charge >= 0.3 is 0 Å². The van der Waals surface area contributed by atoms with Gasteiger partial charge in [-0.2, -0.15) is 5.10 Å². The molecule has 2 heterocycles. The highest BCUT2D eigenvalue weighted by molar-refractivity contribution is 6.55. The fourth-order valence-electron chi connectivity index (χ4n) is 3.40. The topological polar surface area (TPSA) is 69.3 Å². The van der Waals surface area contributed by atoms with Crippen LogP contribution < -0.4 is 10.1 Å². The third-order valence-corrected chi connectivity index (χ3v) is 7.77. The van der Waals surface area contributed by atoms with Gasteiger partial charge in [0.2, 0.25) is 0 Å². The first-order valence-electron chi connectivity index (χ1n) is 10.4. The molecule has 0 radical (unpaired) electrons. The molecule has 2 aromatic carbocycles. The molecule has 0 saturated heterocycles. The highest BCUT2D eigenvalue weighted by Crippen LogP contribution is 2.48. The van der Waals surface area contributed by atoms with Crippen LogP contribution in [-0.4, -0.2) is 15.7 Å². The molecular formula is C24H17Cl6N3O3. The number of nitrogens with one attached hydrogen (secondary N) is 1. The minimum atomic E-state index is -0.438. The average molecular weight is 608 g/mol. The molecule has 4 rings (SSSR count). The van der Waals surface area contributed by atoms with E-state index in [1.807, 2.05) is 42.8 Å². The SMILES string of the molecule is Cc1nn(Cc2ccc(Cl)cc2)c(C)c1NC(=O)c1ccc(COc2c(Cl)c(Cl)c(Cl)c(Cl)c2Cl)o1. The van der Waals surface area contributed by atoms with Gasteiger partial charge < -0.3 is 14.5 Å². The smallest absolute Gasteiger partial charge is 0.291 e. The number of hydrogen-bond acceptors (Lipinski definition) is 4. The number of halogens is 6. The Hall–Kier alpha value is -2.06. The van der Waals surface area contributed by atoms with E-state index in [1.165, 1.54) is 6.07 Å². The molecular weight excluding hydrogens is 591 g/mol. The predicted molar refractivity (Wildman–Crippen MR) is 145 cm³/mol. The van der Waals surface area contributed by atoms with Crippen LogP contribution in [0.25, 0.3) is 0 Å². The maximum absolute atomic E-state index is 12.9. The van der Waals surface area contributed by atoms with Crippen LogP contribution in [-0.2, 0) is 13.2 Å². The van der Waals surface area contributed by atoms with E-state index in [4.69, 9.17) is 78.8 Å². The average Bonchev–Trinajstić information content (AvgIpc) is 3.43. The number of hydrogen-bond donors (Lipinski definition) is 1. The van der Waals surface area contributed by atoms with Crippen LogP contribution in [0, 0.1) is 13.8 Å². The Labute approximate surface area is 236 Å². The lowest BCUT2D eigenvalue weighted by Gasteiger charge is -2.12. The number of benzene rings is 2. The number of carbonyl (C=O) groups excluding carboxylic acids is 1. The molecule has 12 heteroatoms.